The molecule has 4 nitrogen and oxygen atoms in total. The molecule has 2 saturated heterocycles. The number of amides is 1. The zero-order valence-corrected chi connectivity index (χ0v) is 11.8. The van der Waals surface area contributed by atoms with E-state index in [9.17, 15) is 9.90 Å². The second kappa shape index (κ2) is 4.72. The van der Waals surface area contributed by atoms with E-state index in [0.717, 1.165) is 25.8 Å². The first kappa shape index (κ1) is 13.7. The van der Waals surface area contributed by atoms with Gasteiger partial charge in [-0.05, 0) is 58.8 Å². The lowest BCUT2D eigenvalue weighted by Crippen LogP contribution is -2.43. The van der Waals surface area contributed by atoms with E-state index < -0.39 is 5.60 Å². The molecule has 2 bridgehead atoms. The Morgan fingerprint density at radius 3 is 2.72 bits per heavy atom. The van der Waals surface area contributed by atoms with Crippen LogP contribution in [0.15, 0.2) is 0 Å². The third-order valence-electron chi connectivity index (χ3n) is 4.02. The highest BCUT2D eigenvalue weighted by molar-refractivity contribution is 5.69. The van der Waals surface area contributed by atoms with Crippen LogP contribution in [-0.4, -0.2) is 40.4 Å². The van der Waals surface area contributed by atoms with Crippen LogP contribution in [0, 0.1) is 11.8 Å². The predicted molar refractivity (Wildman–Crippen MR) is 69.2 cm³/mol. The molecule has 1 aliphatic carbocycles. The molecule has 1 N–H and O–H groups in total. The summed E-state index contributed by atoms with van der Waals surface area (Å²) in [6.45, 7) is 8.36. The Bertz CT molecular complexity index is 321. The second-order valence-corrected chi connectivity index (χ2v) is 6.79. The van der Waals surface area contributed by atoms with Gasteiger partial charge in [-0.25, -0.2) is 4.79 Å². The van der Waals surface area contributed by atoms with Crippen molar-refractivity contribution in [2.75, 3.05) is 6.54 Å². The summed E-state index contributed by atoms with van der Waals surface area (Å²) < 4.78 is 5.43. The van der Waals surface area contributed by atoms with Crippen LogP contribution in [0.3, 0.4) is 0 Å². The van der Waals surface area contributed by atoms with Gasteiger partial charge in [0.1, 0.15) is 5.60 Å². The average Bonchev–Trinajstić information content (AvgIpc) is 2.71. The van der Waals surface area contributed by atoms with E-state index in [4.69, 9.17) is 4.74 Å². The standard InChI is InChI=1S/C14H25NO3/c1-9(16)5-6-11-10-7-12(11)15(8-10)13(17)18-14(2,3)4/h9-12,16H,5-8H2,1-4H3/t9?,10-,11?,12-/m0/s1. The fraction of sp³-hybridized carbons (Fsp3) is 0.929. The molecule has 4 heteroatoms. The van der Waals surface area contributed by atoms with Crippen molar-refractivity contribution in [3.63, 3.8) is 0 Å². The number of carbonyl (C=O) groups excluding carboxylic acids is 1. The van der Waals surface area contributed by atoms with Crippen LogP contribution < -0.4 is 0 Å². The molecule has 1 amide bonds. The van der Waals surface area contributed by atoms with Gasteiger partial charge in [-0.15, -0.1) is 0 Å². The van der Waals surface area contributed by atoms with Crippen LogP contribution in [-0.2, 0) is 4.74 Å². The third-order valence-corrected chi connectivity index (χ3v) is 4.02. The maximum Gasteiger partial charge on any atom is 0.410 e. The molecule has 3 rings (SSSR count). The summed E-state index contributed by atoms with van der Waals surface area (Å²) in [6.07, 6.45) is 2.56. The molecule has 2 aliphatic heterocycles. The molecule has 2 unspecified atom stereocenters. The topological polar surface area (TPSA) is 49.8 Å². The molecule has 1 saturated carbocycles. The van der Waals surface area contributed by atoms with Crippen LogP contribution in [0.5, 0.6) is 0 Å². The molecule has 104 valence electrons. The highest BCUT2D eigenvalue weighted by Crippen LogP contribution is 2.49. The lowest BCUT2D eigenvalue weighted by atomic mass is 9.71. The van der Waals surface area contributed by atoms with E-state index in [1.54, 1.807) is 0 Å². The van der Waals surface area contributed by atoms with Crippen LogP contribution >= 0.6 is 0 Å². The lowest BCUT2D eigenvalue weighted by Gasteiger charge is -2.37. The van der Waals surface area contributed by atoms with Crippen molar-refractivity contribution in [2.45, 2.75) is 64.7 Å². The average molecular weight is 255 g/mol. The Balaban J connectivity index is 1.86. The fourth-order valence-corrected chi connectivity index (χ4v) is 3.13. The molecule has 18 heavy (non-hydrogen) atoms. The van der Waals surface area contributed by atoms with Crippen LogP contribution in [0.25, 0.3) is 0 Å². The molecular weight excluding hydrogens is 230 g/mol. The minimum atomic E-state index is -0.417. The Labute approximate surface area is 109 Å². The molecule has 3 aliphatic rings. The van der Waals surface area contributed by atoms with Gasteiger partial charge < -0.3 is 14.7 Å². The summed E-state index contributed by atoms with van der Waals surface area (Å²) >= 11 is 0. The molecule has 0 aromatic rings. The van der Waals surface area contributed by atoms with Gasteiger partial charge in [0.15, 0.2) is 0 Å². The first-order valence-electron chi connectivity index (χ1n) is 6.95. The van der Waals surface area contributed by atoms with E-state index in [2.05, 4.69) is 0 Å². The number of aliphatic hydroxyl groups excluding tert-OH is 1. The molecule has 0 aromatic heterocycles. The van der Waals surface area contributed by atoms with E-state index in [-0.39, 0.29) is 12.2 Å². The van der Waals surface area contributed by atoms with Crippen molar-refractivity contribution >= 4 is 6.09 Å². The summed E-state index contributed by atoms with van der Waals surface area (Å²) in [4.78, 5) is 13.9. The number of ether oxygens (including phenoxy) is 1. The normalized spacial score (nSPS) is 32.1. The summed E-state index contributed by atoms with van der Waals surface area (Å²) in [7, 11) is 0. The molecule has 0 radical (unpaired) electrons. The van der Waals surface area contributed by atoms with Gasteiger partial charge in [0, 0.05) is 12.6 Å². The Kier molecular flexibility index (Phi) is 3.58. The van der Waals surface area contributed by atoms with Gasteiger partial charge in [0.05, 0.1) is 6.10 Å². The second-order valence-electron chi connectivity index (χ2n) is 6.79. The summed E-state index contributed by atoms with van der Waals surface area (Å²) in [5, 5.41) is 9.34. The summed E-state index contributed by atoms with van der Waals surface area (Å²) in [5.41, 5.74) is -0.417. The van der Waals surface area contributed by atoms with Crippen molar-refractivity contribution in [3.05, 3.63) is 0 Å². The van der Waals surface area contributed by atoms with Crippen LogP contribution in [0.1, 0.15) is 47.0 Å². The third kappa shape index (κ3) is 2.79. The van der Waals surface area contributed by atoms with Crippen molar-refractivity contribution in [1.29, 1.82) is 0 Å². The SMILES string of the molecule is CC(O)CCC1[C@H]2C[C@@H]1N(C(=O)OC(C)(C)C)C2. The van der Waals surface area contributed by atoms with E-state index >= 15 is 0 Å². The van der Waals surface area contributed by atoms with Crippen molar-refractivity contribution < 1.29 is 14.6 Å². The Hall–Kier alpha value is -0.770. The number of nitrogens with zero attached hydrogens (tertiary/aromatic N) is 1. The van der Waals surface area contributed by atoms with E-state index in [0.29, 0.717) is 17.9 Å². The number of aliphatic hydroxyl groups is 1. The first-order valence-corrected chi connectivity index (χ1v) is 6.95. The maximum atomic E-state index is 12.0. The highest BCUT2D eigenvalue weighted by Gasteiger charge is 2.53. The largest absolute Gasteiger partial charge is 0.444 e. The van der Waals surface area contributed by atoms with Gasteiger partial charge >= 0.3 is 6.09 Å². The molecule has 2 heterocycles. The Morgan fingerprint density at radius 2 is 2.17 bits per heavy atom. The van der Waals surface area contributed by atoms with Crippen LogP contribution in [0.2, 0.25) is 0 Å². The van der Waals surface area contributed by atoms with Gasteiger partial charge in [0.25, 0.3) is 0 Å². The molecule has 0 aromatic carbocycles. The molecule has 4 atom stereocenters. The minimum absolute atomic E-state index is 0.172. The predicted octanol–water partition coefficient (Wildman–Crippen LogP) is 2.40. The van der Waals surface area contributed by atoms with Crippen molar-refractivity contribution in [2.24, 2.45) is 11.8 Å². The van der Waals surface area contributed by atoms with E-state index in [1.165, 1.54) is 0 Å². The first-order chi connectivity index (χ1) is 8.28. The van der Waals surface area contributed by atoms with Gasteiger partial charge in [0.2, 0.25) is 0 Å². The van der Waals surface area contributed by atoms with Crippen LogP contribution in [0.4, 0.5) is 4.79 Å². The number of carbonyl (C=O) groups is 1. The van der Waals surface area contributed by atoms with E-state index in [1.807, 2.05) is 32.6 Å². The number of fused-ring (bicyclic) bond motifs is 1. The van der Waals surface area contributed by atoms with Gasteiger partial charge in [-0.3, -0.25) is 0 Å². The lowest BCUT2D eigenvalue weighted by molar-refractivity contribution is 0.0189. The summed E-state index contributed by atoms with van der Waals surface area (Å²) in [5.74, 6) is 1.20. The smallest absolute Gasteiger partial charge is 0.410 e. The zero-order valence-electron chi connectivity index (χ0n) is 11.8. The minimum Gasteiger partial charge on any atom is -0.444 e. The molecule has 3 fully saturated rings. The monoisotopic (exact) mass is 255 g/mol. The fourth-order valence-electron chi connectivity index (χ4n) is 3.13. The van der Waals surface area contributed by atoms with Crippen molar-refractivity contribution in [1.82, 2.24) is 4.90 Å². The number of rotatable bonds is 3. The number of hydrogen-bond acceptors (Lipinski definition) is 3. The highest BCUT2D eigenvalue weighted by atomic mass is 16.6. The molecular formula is C14H25NO3. The molecule has 0 spiro atoms. The number of hydrogen-bond donors (Lipinski definition) is 1. The maximum absolute atomic E-state index is 12.0. The van der Waals surface area contributed by atoms with Gasteiger partial charge in [-0.2, -0.15) is 0 Å². The Morgan fingerprint density at radius 1 is 1.50 bits per heavy atom. The zero-order chi connectivity index (χ0) is 13.5. The van der Waals surface area contributed by atoms with Crippen molar-refractivity contribution in [3.8, 4) is 0 Å². The summed E-state index contributed by atoms with van der Waals surface area (Å²) in [6, 6.07) is 0.351. The quantitative estimate of drug-likeness (QED) is 0.842. The van der Waals surface area contributed by atoms with Gasteiger partial charge in [-0.1, -0.05) is 0 Å².